The largest absolute Gasteiger partial charge is 0.479 e. The number of anilines is 1. The van der Waals surface area contributed by atoms with E-state index in [1.54, 1.807) is 14.0 Å². The van der Waals surface area contributed by atoms with Crippen LogP contribution < -0.4 is 20.5 Å². The molecule has 1 N–H and O–H groups in total. The molecule has 25 heavy (non-hydrogen) atoms. The van der Waals surface area contributed by atoms with E-state index in [-0.39, 0.29) is 43.8 Å². The van der Waals surface area contributed by atoms with Gasteiger partial charge in [0.25, 0.3) is 5.75 Å². The summed E-state index contributed by atoms with van der Waals surface area (Å²) in [5, 5.41) is 2.81. The molecular formula is C17H21N3O5. The van der Waals surface area contributed by atoms with Crippen molar-refractivity contribution in [2.24, 2.45) is 0 Å². The molecular weight excluding hydrogens is 326 g/mol. The van der Waals surface area contributed by atoms with Gasteiger partial charge in [0.2, 0.25) is 5.95 Å². The van der Waals surface area contributed by atoms with Crippen LogP contribution in [-0.4, -0.2) is 29.5 Å². The predicted molar refractivity (Wildman–Crippen MR) is 91.8 cm³/mol. The number of hydrogen-bond acceptors (Lipinski definition) is 7. The number of hydrogen-bond donors (Lipinski definition) is 1. The van der Waals surface area contributed by atoms with Crippen molar-refractivity contribution in [3.05, 3.63) is 46.2 Å². The molecule has 0 spiro atoms. The highest BCUT2D eigenvalue weighted by Gasteiger charge is 2.20. The van der Waals surface area contributed by atoms with Gasteiger partial charge in [0.1, 0.15) is 12.9 Å². The zero-order chi connectivity index (χ0) is 18.1. The Labute approximate surface area is 145 Å². The van der Waals surface area contributed by atoms with Crippen LogP contribution in [0.1, 0.15) is 18.9 Å². The summed E-state index contributed by atoms with van der Waals surface area (Å²) in [5.41, 5.74) is 0.438. The van der Waals surface area contributed by atoms with Crippen LogP contribution in [0.2, 0.25) is 0 Å². The Hall–Kier alpha value is -2.87. The summed E-state index contributed by atoms with van der Waals surface area (Å²) >= 11 is 0. The van der Waals surface area contributed by atoms with Gasteiger partial charge in [-0.1, -0.05) is 30.3 Å². The number of carbonyl (C=O) groups excluding carboxylic acids is 1. The molecule has 1 aromatic carbocycles. The third-order valence-electron chi connectivity index (χ3n) is 3.27. The first-order valence-corrected chi connectivity index (χ1v) is 7.93. The van der Waals surface area contributed by atoms with E-state index >= 15 is 0 Å². The number of aromatic nitrogens is 2. The Morgan fingerprint density at radius 3 is 2.68 bits per heavy atom. The summed E-state index contributed by atoms with van der Waals surface area (Å²) in [6.45, 7) is 2.38. The Kier molecular flexibility index (Phi) is 6.97. The van der Waals surface area contributed by atoms with Crippen molar-refractivity contribution in [3.63, 3.8) is 0 Å². The minimum Gasteiger partial charge on any atom is -0.479 e. The molecule has 0 amide bonds. The van der Waals surface area contributed by atoms with Gasteiger partial charge < -0.3 is 19.7 Å². The summed E-state index contributed by atoms with van der Waals surface area (Å²) in [6.07, 6.45) is 0.918. The number of ether oxygens (including phenoxy) is 1. The Morgan fingerprint density at radius 1 is 1.28 bits per heavy atom. The highest BCUT2D eigenvalue weighted by molar-refractivity contribution is 5.49. The molecule has 0 atom stereocenters. The first-order chi connectivity index (χ1) is 12.2. The molecule has 134 valence electrons. The molecule has 1 heterocycles. The third kappa shape index (κ3) is 4.80. The standard InChI is InChI=1S/C17H21N3O5/c1-3-24-25-15-14(23-12-13-8-5-4-6-9-13)16(22)20(10-7-11-21)17(18-2)19-15/h4-6,8-9,11H,3,7,10,12H2,1-2H3,(H,18,19). The second-order valence-electron chi connectivity index (χ2n) is 5.00. The average molecular weight is 347 g/mol. The van der Waals surface area contributed by atoms with Crippen LogP contribution in [0.4, 0.5) is 5.95 Å². The number of rotatable bonds is 10. The van der Waals surface area contributed by atoms with Gasteiger partial charge in [-0.25, -0.2) is 0 Å². The normalized spacial score (nSPS) is 10.3. The van der Waals surface area contributed by atoms with Crippen LogP contribution >= 0.6 is 0 Å². The topological polar surface area (TPSA) is 91.7 Å². The highest BCUT2D eigenvalue weighted by atomic mass is 17.2. The second-order valence-corrected chi connectivity index (χ2v) is 5.00. The van der Waals surface area contributed by atoms with Crippen molar-refractivity contribution in [1.29, 1.82) is 0 Å². The van der Waals surface area contributed by atoms with E-state index in [1.807, 2.05) is 30.3 Å². The fourth-order valence-electron chi connectivity index (χ4n) is 2.12. The summed E-state index contributed by atoms with van der Waals surface area (Å²) < 4.78 is 6.98. The van der Waals surface area contributed by atoms with E-state index < -0.39 is 5.56 Å². The molecule has 0 fully saturated rings. The average Bonchev–Trinajstić information content (AvgIpc) is 2.65. The molecule has 0 bridgehead atoms. The fraction of sp³-hybridized carbons (Fsp3) is 0.353. The zero-order valence-electron chi connectivity index (χ0n) is 14.2. The summed E-state index contributed by atoms with van der Waals surface area (Å²) in [5.74, 6) is 0.130. The van der Waals surface area contributed by atoms with Crippen LogP contribution in [0.5, 0.6) is 11.6 Å². The first-order valence-electron chi connectivity index (χ1n) is 7.93. The van der Waals surface area contributed by atoms with Gasteiger partial charge in [0.15, 0.2) is 0 Å². The van der Waals surface area contributed by atoms with Crippen LogP contribution in [0.15, 0.2) is 35.1 Å². The Bertz CT molecular complexity index is 746. The van der Waals surface area contributed by atoms with Gasteiger partial charge in [-0.2, -0.15) is 9.87 Å². The van der Waals surface area contributed by atoms with E-state index in [4.69, 9.17) is 14.5 Å². The van der Waals surface area contributed by atoms with Gasteiger partial charge in [0.05, 0.1) is 6.61 Å². The van der Waals surface area contributed by atoms with Crippen LogP contribution in [0, 0.1) is 0 Å². The van der Waals surface area contributed by atoms with Crippen LogP contribution in [0.3, 0.4) is 0 Å². The molecule has 0 unspecified atom stereocenters. The lowest BCUT2D eigenvalue weighted by Gasteiger charge is -2.15. The minimum absolute atomic E-state index is 0.0607. The van der Waals surface area contributed by atoms with Crippen molar-refractivity contribution >= 4 is 12.2 Å². The molecule has 8 nitrogen and oxygen atoms in total. The monoisotopic (exact) mass is 347 g/mol. The van der Waals surface area contributed by atoms with Crippen molar-refractivity contribution in [2.45, 2.75) is 26.5 Å². The molecule has 0 aliphatic heterocycles. The maximum Gasteiger partial charge on any atom is 0.307 e. The molecule has 0 saturated heterocycles. The van der Waals surface area contributed by atoms with Crippen molar-refractivity contribution in [2.75, 3.05) is 19.0 Å². The van der Waals surface area contributed by atoms with Crippen molar-refractivity contribution in [3.8, 4) is 11.6 Å². The predicted octanol–water partition coefficient (Wildman–Crippen LogP) is 1.78. The van der Waals surface area contributed by atoms with Crippen LogP contribution in [0.25, 0.3) is 0 Å². The smallest absolute Gasteiger partial charge is 0.307 e. The van der Waals surface area contributed by atoms with Crippen molar-refractivity contribution in [1.82, 2.24) is 9.55 Å². The number of aldehydes is 1. The number of nitrogens with zero attached hydrogens (tertiary/aromatic N) is 2. The van der Waals surface area contributed by atoms with Gasteiger partial charge in [0, 0.05) is 20.0 Å². The van der Waals surface area contributed by atoms with Crippen molar-refractivity contribution < 1.29 is 19.3 Å². The lowest BCUT2D eigenvalue weighted by Crippen LogP contribution is -2.27. The number of nitrogens with one attached hydrogen (secondary N) is 1. The second kappa shape index (κ2) is 9.43. The van der Waals surface area contributed by atoms with Gasteiger partial charge in [-0.05, 0) is 12.5 Å². The Morgan fingerprint density at radius 2 is 2.04 bits per heavy atom. The van der Waals surface area contributed by atoms with Crippen LogP contribution in [-0.2, 0) is 22.8 Å². The number of benzene rings is 1. The Balaban J connectivity index is 2.37. The lowest BCUT2D eigenvalue weighted by atomic mass is 10.2. The molecule has 0 saturated carbocycles. The molecule has 0 aliphatic rings. The zero-order valence-corrected chi connectivity index (χ0v) is 14.2. The van der Waals surface area contributed by atoms with E-state index in [2.05, 4.69) is 10.3 Å². The molecule has 2 aromatic rings. The summed E-state index contributed by atoms with van der Waals surface area (Å²) in [7, 11) is 1.62. The molecule has 0 radical (unpaired) electrons. The first kappa shape index (κ1) is 18.5. The summed E-state index contributed by atoms with van der Waals surface area (Å²) in [6, 6.07) is 9.40. The van der Waals surface area contributed by atoms with E-state index in [0.717, 1.165) is 11.8 Å². The highest BCUT2D eigenvalue weighted by Crippen LogP contribution is 2.24. The molecule has 1 aromatic heterocycles. The molecule has 0 aliphatic carbocycles. The quantitative estimate of drug-likeness (QED) is 0.398. The van der Waals surface area contributed by atoms with E-state index in [1.165, 1.54) is 4.57 Å². The van der Waals surface area contributed by atoms with E-state index in [0.29, 0.717) is 0 Å². The van der Waals surface area contributed by atoms with Gasteiger partial charge in [-0.3, -0.25) is 9.36 Å². The van der Waals surface area contributed by atoms with E-state index in [9.17, 15) is 9.59 Å². The maximum absolute atomic E-state index is 12.8. The fourth-order valence-corrected chi connectivity index (χ4v) is 2.12. The third-order valence-corrected chi connectivity index (χ3v) is 3.27. The summed E-state index contributed by atoms with van der Waals surface area (Å²) in [4.78, 5) is 37.7. The van der Waals surface area contributed by atoms with Gasteiger partial charge >= 0.3 is 11.4 Å². The number of carbonyl (C=O) groups is 1. The molecule has 2 rings (SSSR count). The lowest BCUT2D eigenvalue weighted by molar-refractivity contribution is -0.206. The maximum atomic E-state index is 12.8. The molecule has 8 heteroatoms. The van der Waals surface area contributed by atoms with Gasteiger partial charge in [-0.15, -0.1) is 0 Å². The minimum atomic E-state index is -0.452. The SMILES string of the molecule is CCOOc1nc(NC)n(CCC=O)c(=O)c1OCc1ccccc1.